The number of hydrogen-bond donors (Lipinski definition) is 1. The molecule has 0 aliphatic carbocycles. The van der Waals surface area contributed by atoms with Crippen LogP contribution in [0.4, 0.5) is 5.69 Å². The van der Waals surface area contributed by atoms with Crippen LogP contribution in [0.15, 0.2) is 54.2 Å². The summed E-state index contributed by atoms with van der Waals surface area (Å²) in [5.74, 6) is -0.631. The second kappa shape index (κ2) is 7.54. The fraction of sp³-hybridized carbons (Fsp3) is 0.238. The van der Waals surface area contributed by atoms with Crippen molar-refractivity contribution in [3.63, 3.8) is 0 Å². The number of methoxy groups -OCH3 is 1. The first-order valence-electron chi connectivity index (χ1n) is 8.52. The van der Waals surface area contributed by atoms with Gasteiger partial charge in [0.05, 0.1) is 18.7 Å². The van der Waals surface area contributed by atoms with Gasteiger partial charge in [-0.1, -0.05) is 36.4 Å². The molecule has 1 N–H and O–H groups in total. The molecule has 0 saturated carbocycles. The first kappa shape index (κ1) is 17.9. The highest BCUT2D eigenvalue weighted by atomic mass is 16.5. The van der Waals surface area contributed by atoms with E-state index in [-0.39, 0.29) is 18.4 Å². The minimum atomic E-state index is -0.330. The number of nitrogens with one attached hydrogen (secondary N) is 1. The van der Waals surface area contributed by atoms with Gasteiger partial charge < -0.3 is 10.1 Å². The lowest BCUT2D eigenvalue weighted by Gasteiger charge is -2.14. The Hall–Kier alpha value is -2.92. The van der Waals surface area contributed by atoms with Crippen LogP contribution >= 0.6 is 0 Å². The largest absolute Gasteiger partial charge is 0.383 e. The van der Waals surface area contributed by atoms with Crippen molar-refractivity contribution in [1.82, 2.24) is 4.90 Å². The van der Waals surface area contributed by atoms with E-state index < -0.39 is 0 Å². The van der Waals surface area contributed by atoms with Crippen LogP contribution in [0, 0.1) is 13.8 Å². The number of imide groups is 1. The van der Waals surface area contributed by atoms with E-state index in [0.29, 0.717) is 17.9 Å². The molecule has 2 amide bonds. The fourth-order valence-electron chi connectivity index (χ4n) is 2.91. The molecule has 5 heteroatoms. The summed E-state index contributed by atoms with van der Waals surface area (Å²) in [5.41, 5.74) is 4.49. The van der Waals surface area contributed by atoms with Gasteiger partial charge in [-0.25, -0.2) is 0 Å². The summed E-state index contributed by atoms with van der Waals surface area (Å²) >= 11 is 0. The van der Waals surface area contributed by atoms with Crippen LogP contribution in [0.5, 0.6) is 0 Å². The van der Waals surface area contributed by atoms with Crippen molar-refractivity contribution < 1.29 is 14.3 Å². The molecular formula is C21H22N2O3. The molecule has 0 aromatic heterocycles. The van der Waals surface area contributed by atoms with E-state index in [1.807, 2.05) is 62.4 Å². The lowest BCUT2D eigenvalue weighted by atomic mass is 10.0. The SMILES string of the molecule is COCCN1C(=O)C(Nc2ccc(C)c(C)c2)=C(c2ccccc2)C1=O. The minimum absolute atomic E-state index is 0.225. The van der Waals surface area contributed by atoms with Crippen molar-refractivity contribution in [3.8, 4) is 0 Å². The molecule has 0 fully saturated rings. The summed E-state index contributed by atoms with van der Waals surface area (Å²) in [7, 11) is 1.55. The summed E-state index contributed by atoms with van der Waals surface area (Å²) < 4.78 is 5.04. The van der Waals surface area contributed by atoms with Gasteiger partial charge in [0.2, 0.25) is 0 Å². The normalized spacial score (nSPS) is 14.3. The Balaban J connectivity index is 2.02. The highest BCUT2D eigenvalue weighted by molar-refractivity contribution is 6.36. The third kappa shape index (κ3) is 3.39. The van der Waals surface area contributed by atoms with Crippen LogP contribution < -0.4 is 5.32 Å². The molecule has 0 unspecified atom stereocenters. The first-order valence-corrected chi connectivity index (χ1v) is 8.52. The summed E-state index contributed by atoms with van der Waals surface area (Å²) in [4.78, 5) is 27.0. The second-order valence-corrected chi connectivity index (χ2v) is 6.29. The average Bonchev–Trinajstić information content (AvgIpc) is 2.87. The molecule has 0 atom stereocenters. The molecule has 1 aliphatic rings. The number of ether oxygens (including phenoxy) is 1. The Morgan fingerprint density at radius 2 is 1.69 bits per heavy atom. The average molecular weight is 350 g/mol. The van der Waals surface area contributed by atoms with Gasteiger partial charge in [0, 0.05) is 12.8 Å². The summed E-state index contributed by atoms with van der Waals surface area (Å²) in [5, 5.41) is 3.17. The van der Waals surface area contributed by atoms with Gasteiger partial charge in [-0.15, -0.1) is 0 Å². The second-order valence-electron chi connectivity index (χ2n) is 6.29. The summed E-state index contributed by atoms with van der Waals surface area (Å²) in [6.45, 7) is 4.57. The predicted molar refractivity (Wildman–Crippen MR) is 101 cm³/mol. The Morgan fingerprint density at radius 3 is 2.35 bits per heavy atom. The predicted octanol–water partition coefficient (Wildman–Crippen LogP) is 3.14. The van der Waals surface area contributed by atoms with E-state index in [1.165, 1.54) is 10.5 Å². The zero-order valence-corrected chi connectivity index (χ0v) is 15.2. The highest BCUT2D eigenvalue weighted by Crippen LogP contribution is 2.30. The van der Waals surface area contributed by atoms with Crippen molar-refractivity contribution in [1.29, 1.82) is 0 Å². The smallest absolute Gasteiger partial charge is 0.278 e. The minimum Gasteiger partial charge on any atom is -0.383 e. The Bertz CT molecular complexity index is 872. The Morgan fingerprint density at radius 1 is 0.962 bits per heavy atom. The molecule has 134 valence electrons. The zero-order valence-electron chi connectivity index (χ0n) is 15.2. The fourth-order valence-corrected chi connectivity index (χ4v) is 2.91. The van der Waals surface area contributed by atoms with Crippen molar-refractivity contribution in [2.24, 2.45) is 0 Å². The van der Waals surface area contributed by atoms with Crippen molar-refractivity contribution in [3.05, 3.63) is 70.9 Å². The lowest BCUT2D eigenvalue weighted by Crippen LogP contribution is -2.35. The summed E-state index contributed by atoms with van der Waals surface area (Å²) in [6, 6.07) is 15.1. The van der Waals surface area contributed by atoms with Gasteiger partial charge in [-0.2, -0.15) is 0 Å². The number of anilines is 1. The quantitative estimate of drug-likeness (QED) is 0.813. The molecule has 0 radical (unpaired) electrons. The number of benzene rings is 2. The van der Waals surface area contributed by atoms with Gasteiger partial charge in [-0.3, -0.25) is 14.5 Å². The number of rotatable bonds is 6. The van der Waals surface area contributed by atoms with E-state index in [9.17, 15) is 9.59 Å². The molecule has 2 aromatic carbocycles. The molecule has 0 bridgehead atoms. The molecule has 3 rings (SSSR count). The van der Waals surface area contributed by atoms with Gasteiger partial charge in [0.1, 0.15) is 5.70 Å². The molecule has 1 aliphatic heterocycles. The van der Waals surface area contributed by atoms with Crippen LogP contribution in [-0.4, -0.2) is 37.0 Å². The monoisotopic (exact) mass is 350 g/mol. The van der Waals surface area contributed by atoms with Gasteiger partial charge in [0.15, 0.2) is 0 Å². The van der Waals surface area contributed by atoms with Gasteiger partial charge in [-0.05, 0) is 42.7 Å². The third-order valence-corrected chi connectivity index (χ3v) is 4.53. The van der Waals surface area contributed by atoms with Gasteiger partial charge in [0.25, 0.3) is 11.8 Å². The van der Waals surface area contributed by atoms with Gasteiger partial charge >= 0.3 is 0 Å². The third-order valence-electron chi connectivity index (χ3n) is 4.53. The number of carbonyl (C=O) groups is 2. The topological polar surface area (TPSA) is 58.6 Å². The van der Waals surface area contributed by atoms with Crippen LogP contribution in [0.1, 0.15) is 16.7 Å². The maximum Gasteiger partial charge on any atom is 0.278 e. The number of hydrogen-bond acceptors (Lipinski definition) is 4. The van der Waals surface area contributed by atoms with Crippen LogP contribution in [0.25, 0.3) is 5.57 Å². The van der Waals surface area contributed by atoms with E-state index >= 15 is 0 Å². The van der Waals surface area contributed by atoms with E-state index in [0.717, 1.165) is 16.8 Å². The van der Waals surface area contributed by atoms with Crippen LogP contribution in [0.2, 0.25) is 0 Å². The first-order chi connectivity index (χ1) is 12.5. The summed E-state index contributed by atoms with van der Waals surface area (Å²) in [6.07, 6.45) is 0. The maximum absolute atomic E-state index is 12.9. The maximum atomic E-state index is 12.9. The number of aryl methyl sites for hydroxylation is 2. The molecule has 26 heavy (non-hydrogen) atoms. The molecule has 2 aromatic rings. The Kier molecular flexibility index (Phi) is 5.19. The molecule has 0 spiro atoms. The van der Waals surface area contributed by atoms with Crippen LogP contribution in [-0.2, 0) is 14.3 Å². The Labute approximate surface area is 153 Å². The van der Waals surface area contributed by atoms with Crippen molar-refractivity contribution in [2.45, 2.75) is 13.8 Å². The van der Waals surface area contributed by atoms with Crippen molar-refractivity contribution in [2.75, 3.05) is 25.6 Å². The van der Waals surface area contributed by atoms with E-state index in [2.05, 4.69) is 5.32 Å². The zero-order chi connectivity index (χ0) is 18.7. The standard InChI is InChI=1S/C21H22N2O3/c1-14-9-10-17(13-15(14)2)22-19-18(16-7-5-4-6-8-16)20(24)23(21(19)25)11-12-26-3/h4-10,13,22H,11-12H2,1-3H3. The highest BCUT2D eigenvalue weighted by Gasteiger charge is 2.38. The molecule has 0 saturated heterocycles. The van der Waals surface area contributed by atoms with E-state index in [1.54, 1.807) is 7.11 Å². The molecule has 5 nitrogen and oxygen atoms in total. The lowest BCUT2D eigenvalue weighted by molar-refractivity contribution is -0.137. The number of carbonyl (C=O) groups excluding carboxylic acids is 2. The molecule has 1 heterocycles. The number of nitrogens with zero attached hydrogens (tertiary/aromatic N) is 1. The molecular weight excluding hydrogens is 328 g/mol. The van der Waals surface area contributed by atoms with Crippen LogP contribution in [0.3, 0.4) is 0 Å². The van der Waals surface area contributed by atoms with E-state index in [4.69, 9.17) is 4.74 Å². The number of amides is 2. The van der Waals surface area contributed by atoms with Crippen molar-refractivity contribution >= 4 is 23.1 Å².